The molecular weight excluding hydrogens is 336 g/mol. The van der Waals surface area contributed by atoms with Crippen LogP contribution in [0.15, 0.2) is 53.4 Å². The highest BCUT2D eigenvalue weighted by Crippen LogP contribution is 2.18. The molecule has 9 heteroatoms. The predicted molar refractivity (Wildman–Crippen MR) is 86.6 cm³/mol. The van der Waals surface area contributed by atoms with Crippen molar-refractivity contribution in [1.29, 1.82) is 0 Å². The Morgan fingerprint density at radius 2 is 1.83 bits per heavy atom. The van der Waals surface area contributed by atoms with E-state index in [1.165, 1.54) is 48.5 Å². The Morgan fingerprint density at radius 3 is 2.42 bits per heavy atom. The van der Waals surface area contributed by atoms with Crippen LogP contribution >= 0.6 is 0 Å². The molecule has 2 aromatic carbocycles. The molecule has 8 nitrogen and oxygen atoms in total. The molecule has 0 radical (unpaired) electrons. The van der Waals surface area contributed by atoms with Gasteiger partial charge in [0.2, 0.25) is 0 Å². The summed E-state index contributed by atoms with van der Waals surface area (Å²) in [5.41, 5.74) is 0.324. The molecule has 0 aliphatic rings. The highest BCUT2D eigenvalue weighted by molar-refractivity contribution is 7.91. The molecule has 0 aliphatic carbocycles. The molecule has 2 rings (SSSR count). The first-order valence-electron chi connectivity index (χ1n) is 6.83. The molecule has 0 atom stereocenters. The summed E-state index contributed by atoms with van der Waals surface area (Å²) in [5.74, 6) is -0.936. The summed E-state index contributed by atoms with van der Waals surface area (Å²) in [6.07, 6.45) is 0. The molecule has 2 aromatic rings. The highest BCUT2D eigenvalue weighted by atomic mass is 32.2. The summed E-state index contributed by atoms with van der Waals surface area (Å²) >= 11 is 0. The van der Waals surface area contributed by atoms with Crippen LogP contribution < -0.4 is 5.32 Å². The summed E-state index contributed by atoms with van der Waals surface area (Å²) in [5, 5.41) is 21.9. The van der Waals surface area contributed by atoms with Gasteiger partial charge in [0.25, 0.3) is 11.6 Å². The van der Waals surface area contributed by atoms with Gasteiger partial charge in [0.15, 0.2) is 9.84 Å². The molecule has 1 amide bonds. The quantitative estimate of drug-likeness (QED) is 0.602. The van der Waals surface area contributed by atoms with Crippen LogP contribution in [-0.2, 0) is 9.84 Å². The van der Waals surface area contributed by atoms with Gasteiger partial charge in [-0.3, -0.25) is 14.9 Å². The minimum atomic E-state index is -3.62. The summed E-state index contributed by atoms with van der Waals surface area (Å²) in [7, 11) is -3.62. The maximum absolute atomic E-state index is 12.1. The number of nitro groups is 1. The highest BCUT2D eigenvalue weighted by Gasteiger charge is 2.15. The number of sulfone groups is 1. The zero-order valence-electron chi connectivity index (χ0n) is 12.4. The van der Waals surface area contributed by atoms with Crippen LogP contribution in [0.2, 0.25) is 0 Å². The molecule has 0 aromatic heterocycles. The Kier molecular flexibility index (Phi) is 5.27. The van der Waals surface area contributed by atoms with Crippen LogP contribution in [-0.4, -0.2) is 36.7 Å². The van der Waals surface area contributed by atoms with E-state index >= 15 is 0 Å². The van der Waals surface area contributed by atoms with E-state index in [1.54, 1.807) is 0 Å². The number of carbonyl (C=O) groups excluding carboxylic acids is 1. The fourth-order valence-corrected chi connectivity index (χ4v) is 3.01. The van der Waals surface area contributed by atoms with Crippen molar-refractivity contribution in [2.24, 2.45) is 0 Å². The average Bonchev–Trinajstić information content (AvgIpc) is 2.55. The standard InChI is InChI=1S/C15H14N2O6S/c18-8-9-24(22,23)14-3-1-2-12(10-14)16-15(19)11-4-6-13(7-5-11)17(20)21/h1-7,10,18H,8-9H2,(H,16,19). The molecule has 0 bridgehead atoms. The monoisotopic (exact) mass is 350 g/mol. The van der Waals surface area contributed by atoms with Gasteiger partial charge in [-0.05, 0) is 30.3 Å². The topological polar surface area (TPSA) is 127 Å². The van der Waals surface area contributed by atoms with E-state index in [1.807, 2.05) is 0 Å². The molecule has 0 fully saturated rings. The van der Waals surface area contributed by atoms with E-state index in [9.17, 15) is 23.3 Å². The number of aliphatic hydroxyl groups excluding tert-OH is 1. The number of nitro benzene ring substituents is 1. The Morgan fingerprint density at radius 1 is 1.17 bits per heavy atom. The minimum Gasteiger partial charge on any atom is -0.395 e. The lowest BCUT2D eigenvalue weighted by Gasteiger charge is -2.08. The molecule has 0 aliphatic heterocycles. The van der Waals surface area contributed by atoms with Gasteiger partial charge in [-0.2, -0.15) is 0 Å². The molecule has 0 spiro atoms. The number of nitrogens with zero attached hydrogens (tertiary/aromatic N) is 1. The number of amides is 1. The van der Waals surface area contributed by atoms with Gasteiger partial charge in [0, 0.05) is 23.4 Å². The number of hydrogen-bond acceptors (Lipinski definition) is 6. The summed E-state index contributed by atoms with van der Waals surface area (Å²) < 4.78 is 23.8. The summed E-state index contributed by atoms with van der Waals surface area (Å²) in [6.45, 7) is -0.498. The molecule has 126 valence electrons. The third kappa shape index (κ3) is 4.15. The van der Waals surface area contributed by atoms with E-state index in [2.05, 4.69) is 5.32 Å². The number of nitrogens with one attached hydrogen (secondary N) is 1. The van der Waals surface area contributed by atoms with Crippen LogP contribution in [0.3, 0.4) is 0 Å². The summed E-state index contributed by atoms with van der Waals surface area (Å²) in [4.78, 5) is 22.1. The Labute approximate surface area is 137 Å². The van der Waals surface area contributed by atoms with Crippen molar-refractivity contribution in [3.8, 4) is 0 Å². The van der Waals surface area contributed by atoms with E-state index in [4.69, 9.17) is 5.11 Å². The van der Waals surface area contributed by atoms with Gasteiger partial charge in [-0.15, -0.1) is 0 Å². The maximum Gasteiger partial charge on any atom is 0.269 e. The van der Waals surface area contributed by atoms with Crippen molar-refractivity contribution in [3.63, 3.8) is 0 Å². The largest absolute Gasteiger partial charge is 0.395 e. The van der Waals surface area contributed by atoms with Gasteiger partial charge in [0.05, 0.1) is 22.2 Å². The number of rotatable bonds is 6. The van der Waals surface area contributed by atoms with Crippen LogP contribution in [0, 0.1) is 10.1 Å². The third-order valence-corrected chi connectivity index (χ3v) is 4.84. The predicted octanol–water partition coefficient (Wildman–Crippen LogP) is 1.61. The fourth-order valence-electron chi connectivity index (χ4n) is 1.94. The van der Waals surface area contributed by atoms with E-state index in [0.717, 1.165) is 0 Å². The Hall–Kier alpha value is -2.78. The SMILES string of the molecule is O=C(Nc1cccc(S(=O)(=O)CCO)c1)c1ccc([N+](=O)[O-])cc1. The van der Waals surface area contributed by atoms with Crippen LogP contribution in [0.25, 0.3) is 0 Å². The zero-order valence-corrected chi connectivity index (χ0v) is 13.2. The molecule has 0 saturated heterocycles. The van der Waals surface area contributed by atoms with Crippen LogP contribution in [0.5, 0.6) is 0 Å². The van der Waals surface area contributed by atoms with Gasteiger partial charge >= 0.3 is 0 Å². The van der Waals surface area contributed by atoms with Crippen molar-refractivity contribution < 1.29 is 23.2 Å². The maximum atomic E-state index is 12.1. The number of hydrogen-bond donors (Lipinski definition) is 2. The lowest BCUT2D eigenvalue weighted by molar-refractivity contribution is -0.384. The number of non-ortho nitro benzene ring substituents is 1. The van der Waals surface area contributed by atoms with Crippen molar-refractivity contribution in [2.45, 2.75) is 4.90 Å². The first-order chi connectivity index (χ1) is 11.3. The van der Waals surface area contributed by atoms with E-state index in [0.29, 0.717) is 0 Å². The lowest BCUT2D eigenvalue weighted by Crippen LogP contribution is -2.13. The second kappa shape index (κ2) is 7.20. The van der Waals surface area contributed by atoms with Crippen LogP contribution in [0.4, 0.5) is 11.4 Å². The third-order valence-electron chi connectivity index (χ3n) is 3.15. The molecular formula is C15H14N2O6S. The van der Waals surface area contributed by atoms with Gasteiger partial charge in [-0.25, -0.2) is 8.42 Å². The summed E-state index contributed by atoms with van der Waals surface area (Å²) in [6, 6.07) is 10.7. The lowest BCUT2D eigenvalue weighted by atomic mass is 10.2. The first kappa shape index (κ1) is 17.6. The number of carbonyl (C=O) groups is 1. The fraction of sp³-hybridized carbons (Fsp3) is 0.133. The number of anilines is 1. The number of aliphatic hydroxyl groups is 1. The van der Waals surface area contributed by atoms with E-state index in [-0.39, 0.29) is 21.8 Å². The Bertz CT molecular complexity index is 862. The second-order valence-electron chi connectivity index (χ2n) is 4.83. The average molecular weight is 350 g/mol. The van der Waals surface area contributed by atoms with Gasteiger partial charge in [-0.1, -0.05) is 6.07 Å². The van der Waals surface area contributed by atoms with Gasteiger partial charge < -0.3 is 10.4 Å². The second-order valence-corrected chi connectivity index (χ2v) is 6.94. The molecule has 0 saturated carbocycles. The Balaban J connectivity index is 2.19. The molecule has 24 heavy (non-hydrogen) atoms. The normalized spacial score (nSPS) is 11.0. The van der Waals surface area contributed by atoms with E-state index < -0.39 is 33.0 Å². The van der Waals surface area contributed by atoms with Gasteiger partial charge in [0.1, 0.15) is 0 Å². The molecule has 0 unspecified atom stereocenters. The molecule has 0 heterocycles. The molecule has 2 N–H and O–H groups in total. The van der Waals surface area contributed by atoms with Crippen LogP contribution in [0.1, 0.15) is 10.4 Å². The zero-order chi connectivity index (χ0) is 17.7. The van der Waals surface area contributed by atoms with Crippen molar-refractivity contribution >= 4 is 27.1 Å². The van der Waals surface area contributed by atoms with Crippen molar-refractivity contribution in [1.82, 2.24) is 0 Å². The van der Waals surface area contributed by atoms with Crippen molar-refractivity contribution in [3.05, 3.63) is 64.2 Å². The number of benzene rings is 2. The first-order valence-corrected chi connectivity index (χ1v) is 8.48. The minimum absolute atomic E-state index is 0.0157. The smallest absolute Gasteiger partial charge is 0.269 e. The van der Waals surface area contributed by atoms with Crippen molar-refractivity contribution in [2.75, 3.05) is 17.7 Å².